The molecule has 0 aliphatic heterocycles. The molecule has 1 aromatic rings. The first-order chi connectivity index (χ1) is 6.16. The van der Waals surface area contributed by atoms with Crippen LogP contribution in [0.25, 0.3) is 0 Å². The second-order valence-corrected chi connectivity index (χ2v) is 2.94. The maximum atomic E-state index is 11.3. The first kappa shape index (κ1) is 9.78. The molecule has 13 heavy (non-hydrogen) atoms. The Bertz CT molecular complexity index is 392. The number of isothiocyanates is 1. The Labute approximate surface area is 82.3 Å². The van der Waals surface area contributed by atoms with Gasteiger partial charge in [0, 0.05) is 5.56 Å². The van der Waals surface area contributed by atoms with Crippen LogP contribution in [0.3, 0.4) is 0 Å². The lowest BCUT2D eigenvalue weighted by molar-refractivity contribution is 0.100. The quantitative estimate of drug-likeness (QED) is 0.504. The highest BCUT2D eigenvalue weighted by Gasteiger charge is 2.07. The summed E-state index contributed by atoms with van der Waals surface area (Å²) in [5.41, 5.74) is 2.62. The van der Waals surface area contributed by atoms with E-state index in [9.17, 15) is 4.79 Å². The largest absolute Gasteiger partial charge is 0.286 e. The molecule has 0 heterocycles. The average Bonchev–Trinajstić information content (AvgIpc) is 2.10. The molecule has 0 bridgehead atoms. The summed E-state index contributed by atoms with van der Waals surface area (Å²) < 4.78 is 0. The van der Waals surface area contributed by atoms with Gasteiger partial charge in [-0.05, 0) is 43.3 Å². The smallest absolute Gasteiger partial charge is 0.266 e. The van der Waals surface area contributed by atoms with Crippen LogP contribution in [0.4, 0.5) is 0 Å². The van der Waals surface area contributed by atoms with Crippen molar-refractivity contribution in [3.05, 3.63) is 34.9 Å². The van der Waals surface area contributed by atoms with Gasteiger partial charge in [-0.3, -0.25) is 4.79 Å². The molecular weight excluding hydrogens is 182 g/mol. The van der Waals surface area contributed by atoms with Crippen LogP contribution in [0, 0.1) is 13.8 Å². The maximum Gasteiger partial charge on any atom is 0.286 e. The Morgan fingerprint density at radius 2 is 2.15 bits per heavy atom. The van der Waals surface area contributed by atoms with Crippen LogP contribution in [0.2, 0.25) is 0 Å². The van der Waals surface area contributed by atoms with E-state index in [2.05, 4.69) is 22.4 Å². The van der Waals surface area contributed by atoms with Gasteiger partial charge in [0.1, 0.15) is 0 Å². The minimum absolute atomic E-state index is 0.323. The Morgan fingerprint density at radius 1 is 1.46 bits per heavy atom. The third-order valence-corrected chi connectivity index (χ3v) is 2.07. The predicted octanol–water partition coefficient (Wildman–Crippen LogP) is 2.55. The van der Waals surface area contributed by atoms with Gasteiger partial charge in [-0.1, -0.05) is 12.1 Å². The molecule has 0 saturated heterocycles. The summed E-state index contributed by atoms with van der Waals surface area (Å²) in [6.45, 7) is 3.84. The van der Waals surface area contributed by atoms with Crippen LogP contribution in [0.1, 0.15) is 21.5 Å². The van der Waals surface area contributed by atoms with Crippen LogP contribution >= 0.6 is 12.2 Å². The number of hydrogen-bond acceptors (Lipinski definition) is 2. The average molecular weight is 191 g/mol. The monoisotopic (exact) mass is 191 g/mol. The van der Waals surface area contributed by atoms with Crippen LogP contribution in [0.15, 0.2) is 23.2 Å². The molecule has 66 valence electrons. The SMILES string of the molecule is Cc1cccc(C(=O)N=C=S)c1C. The zero-order valence-electron chi connectivity index (χ0n) is 7.50. The van der Waals surface area contributed by atoms with Crippen molar-refractivity contribution in [2.75, 3.05) is 0 Å². The summed E-state index contributed by atoms with van der Waals surface area (Å²) >= 11 is 4.37. The molecule has 0 saturated carbocycles. The van der Waals surface area contributed by atoms with Crippen LogP contribution in [-0.4, -0.2) is 11.1 Å². The van der Waals surface area contributed by atoms with Crippen molar-refractivity contribution in [2.45, 2.75) is 13.8 Å². The van der Waals surface area contributed by atoms with Crippen molar-refractivity contribution in [3.63, 3.8) is 0 Å². The fourth-order valence-corrected chi connectivity index (χ4v) is 1.17. The molecule has 0 spiro atoms. The van der Waals surface area contributed by atoms with E-state index in [0.29, 0.717) is 5.56 Å². The van der Waals surface area contributed by atoms with Crippen molar-refractivity contribution < 1.29 is 4.79 Å². The van der Waals surface area contributed by atoms with Gasteiger partial charge < -0.3 is 0 Å². The molecule has 1 amide bonds. The van der Waals surface area contributed by atoms with E-state index in [-0.39, 0.29) is 5.91 Å². The van der Waals surface area contributed by atoms with Gasteiger partial charge in [-0.25, -0.2) is 0 Å². The summed E-state index contributed by atoms with van der Waals surface area (Å²) in [5, 5.41) is 2.07. The zero-order chi connectivity index (χ0) is 9.84. The van der Waals surface area contributed by atoms with E-state index in [1.54, 1.807) is 6.07 Å². The molecule has 0 aliphatic carbocycles. The Kier molecular flexibility index (Phi) is 3.07. The molecule has 0 N–H and O–H groups in total. The van der Waals surface area contributed by atoms with Crippen molar-refractivity contribution in [1.82, 2.24) is 0 Å². The number of carbonyl (C=O) groups is 1. The van der Waals surface area contributed by atoms with Crippen LogP contribution in [0.5, 0.6) is 0 Å². The Hall–Kier alpha value is -1.31. The van der Waals surface area contributed by atoms with Crippen molar-refractivity contribution in [1.29, 1.82) is 0 Å². The first-order valence-corrected chi connectivity index (χ1v) is 4.26. The number of hydrogen-bond donors (Lipinski definition) is 0. The molecule has 0 unspecified atom stereocenters. The predicted molar refractivity (Wildman–Crippen MR) is 55.3 cm³/mol. The van der Waals surface area contributed by atoms with Gasteiger partial charge in [0.15, 0.2) is 0 Å². The van der Waals surface area contributed by atoms with Crippen molar-refractivity contribution in [2.24, 2.45) is 4.99 Å². The van der Waals surface area contributed by atoms with E-state index >= 15 is 0 Å². The summed E-state index contributed by atoms with van der Waals surface area (Å²) in [7, 11) is 0. The lowest BCUT2D eigenvalue weighted by atomic mass is 10.0. The number of nitrogens with zero attached hydrogens (tertiary/aromatic N) is 1. The molecule has 0 atom stereocenters. The molecule has 0 radical (unpaired) electrons. The van der Waals surface area contributed by atoms with Gasteiger partial charge in [-0.2, -0.15) is 4.99 Å². The number of amides is 1. The molecule has 0 aliphatic rings. The van der Waals surface area contributed by atoms with Gasteiger partial charge in [0.2, 0.25) is 0 Å². The fraction of sp³-hybridized carbons (Fsp3) is 0.200. The number of aryl methyl sites for hydroxylation is 1. The van der Waals surface area contributed by atoms with Gasteiger partial charge >= 0.3 is 0 Å². The van der Waals surface area contributed by atoms with E-state index in [1.807, 2.05) is 26.0 Å². The summed E-state index contributed by atoms with van der Waals surface area (Å²) in [4.78, 5) is 14.7. The first-order valence-electron chi connectivity index (χ1n) is 3.85. The molecule has 1 rings (SSSR count). The Balaban J connectivity index is 3.22. The van der Waals surface area contributed by atoms with E-state index < -0.39 is 0 Å². The lowest BCUT2D eigenvalue weighted by Crippen LogP contribution is -1.98. The molecule has 3 heteroatoms. The van der Waals surface area contributed by atoms with Crippen molar-refractivity contribution in [3.8, 4) is 0 Å². The van der Waals surface area contributed by atoms with E-state index in [0.717, 1.165) is 11.1 Å². The number of thiocarbonyl (C=S) groups is 1. The molecule has 0 fully saturated rings. The standard InChI is InChI=1S/C10H9NOS/c1-7-4-3-5-9(8(7)2)10(12)11-6-13/h3-5H,1-2H3. The Morgan fingerprint density at radius 3 is 2.77 bits per heavy atom. The summed E-state index contributed by atoms with van der Waals surface area (Å²) in [6.07, 6.45) is 0. The number of carbonyl (C=O) groups excluding carboxylic acids is 1. The second-order valence-electron chi connectivity index (χ2n) is 2.76. The lowest BCUT2D eigenvalue weighted by Gasteiger charge is -2.02. The molecular formula is C10H9NOS. The van der Waals surface area contributed by atoms with Gasteiger partial charge in [0.05, 0.1) is 5.16 Å². The minimum Gasteiger partial charge on any atom is -0.266 e. The zero-order valence-corrected chi connectivity index (χ0v) is 8.31. The van der Waals surface area contributed by atoms with Crippen LogP contribution < -0.4 is 0 Å². The van der Waals surface area contributed by atoms with Crippen LogP contribution in [-0.2, 0) is 0 Å². The highest BCUT2D eigenvalue weighted by Crippen LogP contribution is 2.13. The fourth-order valence-electron chi connectivity index (χ4n) is 1.08. The highest BCUT2D eigenvalue weighted by molar-refractivity contribution is 7.78. The second kappa shape index (κ2) is 4.08. The minimum atomic E-state index is -0.323. The summed E-state index contributed by atoms with van der Waals surface area (Å²) in [6, 6.07) is 5.52. The van der Waals surface area contributed by atoms with Crippen molar-refractivity contribution >= 4 is 23.3 Å². The van der Waals surface area contributed by atoms with E-state index in [4.69, 9.17) is 0 Å². The summed E-state index contributed by atoms with van der Waals surface area (Å²) in [5.74, 6) is -0.323. The van der Waals surface area contributed by atoms with Gasteiger partial charge in [-0.15, -0.1) is 0 Å². The number of rotatable bonds is 1. The topological polar surface area (TPSA) is 29.4 Å². The maximum absolute atomic E-state index is 11.3. The molecule has 0 aromatic heterocycles. The third kappa shape index (κ3) is 2.08. The normalized spacial score (nSPS) is 9.08. The van der Waals surface area contributed by atoms with E-state index in [1.165, 1.54) is 0 Å². The molecule has 1 aromatic carbocycles. The number of benzene rings is 1. The number of aliphatic imine (C=N–C) groups is 1. The third-order valence-electron chi connectivity index (χ3n) is 1.98. The molecule has 2 nitrogen and oxygen atoms in total. The van der Waals surface area contributed by atoms with Gasteiger partial charge in [0.25, 0.3) is 5.91 Å². The highest BCUT2D eigenvalue weighted by atomic mass is 32.1.